The number of carbonyl (C=O) groups is 2. The van der Waals surface area contributed by atoms with E-state index in [-0.39, 0.29) is 43.4 Å². The van der Waals surface area contributed by atoms with Crippen LogP contribution >= 0.6 is 0 Å². The van der Waals surface area contributed by atoms with E-state index >= 15 is 0 Å². The molecule has 2 saturated carbocycles. The van der Waals surface area contributed by atoms with E-state index in [0.717, 1.165) is 12.5 Å². The monoisotopic (exact) mass is 359 g/mol. The highest BCUT2D eigenvalue weighted by atomic mass is 32.2. The summed E-state index contributed by atoms with van der Waals surface area (Å²) in [6, 6.07) is 0. The number of ether oxygens (including phenoxy) is 2. The molecule has 1 aliphatic heterocycles. The Kier molecular flexibility index (Phi) is 4.67. The average molecular weight is 359 g/mol. The maximum atomic E-state index is 12.0. The van der Waals surface area contributed by atoms with Crippen LogP contribution < -0.4 is 5.32 Å². The number of esters is 1. The van der Waals surface area contributed by atoms with Crippen molar-refractivity contribution in [2.75, 3.05) is 19.8 Å². The molecule has 0 aromatic rings. The van der Waals surface area contributed by atoms with Gasteiger partial charge in [0, 0.05) is 5.92 Å². The molecule has 0 aromatic carbocycles. The van der Waals surface area contributed by atoms with Crippen LogP contribution in [0.5, 0.6) is 0 Å². The van der Waals surface area contributed by atoms with Crippen molar-refractivity contribution in [2.45, 2.75) is 30.8 Å². The van der Waals surface area contributed by atoms with E-state index in [4.69, 9.17) is 13.7 Å². The fourth-order valence-corrected chi connectivity index (χ4v) is 6.31. The number of carbonyl (C=O) groups excluding carboxylic acids is 2. The molecule has 2 aliphatic carbocycles. The highest BCUT2D eigenvalue weighted by molar-refractivity contribution is 7.87. The third kappa shape index (κ3) is 2.96. The van der Waals surface area contributed by atoms with Crippen LogP contribution in [0.3, 0.4) is 0 Å². The van der Waals surface area contributed by atoms with Crippen molar-refractivity contribution < 1.29 is 31.7 Å². The van der Waals surface area contributed by atoms with E-state index in [2.05, 4.69) is 11.9 Å². The molecule has 9 heteroatoms. The van der Waals surface area contributed by atoms with Crippen LogP contribution in [0.25, 0.3) is 0 Å². The summed E-state index contributed by atoms with van der Waals surface area (Å²) < 4.78 is 39.8. The molecule has 0 aromatic heterocycles. The van der Waals surface area contributed by atoms with Gasteiger partial charge in [-0.05, 0) is 24.3 Å². The van der Waals surface area contributed by atoms with Crippen molar-refractivity contribution in [1.82, 2.24) is 5.32 Å². The van der Waals surface area contributed by atoms with Crippen LogP contribution in [-0.2, 0) is 33.4 Å². The number of rotatable bonds is 7. The Morgan fingerprint density at radius 3 is 2.83 bits per heavy atom. The van der Waals surface area contributed by atoms with Gasteiger partial charge in [0.2, 0.25) is 5.91 Å². The smallest absolute Gasteiger partial charge is 0.332 e. The predicted octanol–water partition coefficient (Wildman–Crippen LogP) is -0.400. The lowest BCUT2D eigenvalue weighted by Gasteiger charge is -2.29. The van der Waals surface area contributed by atoms with Gasteiger partial charge in [-0.3, -0.25) is 8.98 Å². The molecule has 3 fully saturated rings. The predicted molar refractivity (Wildman–Crippen MR) is 82.2 cm³/mol. The summed E-state index contributed by atoms with van der Waals surface area (Å²) in [6.45, 7) is 5.16. The molecule has 8 nitrogen and oxygen atoms in total. The molecule has 2 bridgehead atoms. The largest absolute Gasteiger partial charge is 0.462 e. The lowest BCUT2D eigenvalue weighted by Crippen LogP contribution is -2.41. The zero-order valence-corrected chi connectivity index (χ0v) is 14.2. The van der Waals surface area contributed by atoms with Crippen molar-refractivity contribution in [2.24, 2.45) is 17.8 Å². The molecule has 1 amide bonds. The Hall–Kier alpha value is -1.45. The zero-order valence-electron chi connectivity index (χ0n) is 13.3. The van der Waals surface area contributed by atoms with Gasteiger partial charge in [-0.15, -0.1) is 0 Å². The summed E-state index contributed by atoms with van der Waals surface area (Å²) in [7, 11) is -3.52. The summed E-state index contributed by atoms with van der Waals surface area (Å²) in [5, 5.41) is 2.04. The van der Waals surface area contributed by atoms with E-state index in [1.807, 2.05) is 6.92 Å². The molecule has 6 unspecified atom stereocenters. The molecule has 1 saturated heterocycles. The van der Waals surface area contributed by atoms with Crippen LogP contribution in [0.2, 0.25) is 0 Å². The zero-order chi connectivity index (χ0) is 17.5. The van der Waals surface area contributed by atoms with Crippen molar-refractivity contribution in [1.29, 1.82) is 0 Å². The Morgan fingerprint density at radius 1 is 1.38 bits per heavy atom. The summed E-state index contributed by atoms with van der Waals surface area (Å²) in [5.74, 6) is -0.885. The minimum absolute atomic E-state index is 0.0330. The van der Waals surface area contributed by atoms with Crippen LogP contribution in [-0.4, -0.2) is 57.5 Å². The number of fused-ring (bicyclic) bond motifs is 1. The first kappa shape index (κ1) is 17.4. The number of amides is 1. The Balaban J connectivity index is 1.45. The second kappa shape index (κ2) is 6.45. The van der Waals surface area contributed by atoms with Gasteiger partial charge >= 0.3 is 5.97 Å². The van der Waals surface area contributed by atoms with Crippen LogP contribution in [0.4, 0.5) is 0 Å². The Labute approximate surface area is 140 Å². The van der Waals surface area contributed by atoms with E-state index in [0.29, 0.717) is 0 Å². The molecular weight excluding hydrogens is 338 g/mol. The lowest BCUT2D eigenvalue weighted by atomic mass is 9.86. The van der Waals surface area contributed by atoms with Crippen molar-refractivity contribution in [3.63, 3.8) is 0 Å². The summed E-state index contributed by atoms with van der Waals surface area (Å²) in [6.07, 6.45) is 1.00. The molecule has 3 aliphatic rings. The van der Waals surface area contributed by atoms with Gasteiger partial charge in [0.25, 0.3) is 10.1 Å². The minimum atomic E-state index is -3.52. The molecular formula is C15H21NO7S. The summed E-state index contributed by atoms with van der Waals surface area (Å²) in [5.41, 5.74) is 0. The lowest BCUT2D eigenvalue weighted by molar-refractivity contribution is -0.154. The first-order valence-corrected chi connectivity index (χ1v) is 9.42. The van der Waals surface area contributed by atoms with Gasteiger partial charge in [0.05, 0.1) is 17.9 Å². The van der Waals surface area contributed by atoms with Gasteiger partial charge in [-0.25, -0.2) is 4.79 Å². The average Bonchev–Trinajstić information content (AvgIpc) is 3.10. The molecule has 1 heterocycles. The van der Waals surface area contributed by atoms with E-state index in [1.165, 1.54) is 0 Å². The fourth-order valence-electron chi connectivity index (χ4n) is 4.20. The molecule has 134 valence electrons. The normalized spacial score (nSPS) is 38.0. The fraction of sp³-hybridized carbons (Fsp3) is 0.733. The van der Waals surface area contributed by atoms with E-state index in [9.17, 15) is 18.0 Å². The number of hydrogen-bond donors (Lipinski definition) is 1. The topological polar surface area (TPSA) is 108 Å². The van der Waals surface area contributed by atoms with Crippen molar-refractivity contribution in [3.8, 4) is 0 Å². The highest BCUT2D eigenvalue weighted by Crippen LogP contribution is 2.58. The maximum absolute atomic E-state index is 12.0. The molecule has 0 spiro atoms. The second-order valence-electron chi connectivity index (χ2n) is 6.43. The van der Waals surface area contributed by atoms with Crippen LogP contribution in [0.15, 0.2) is 12.7 Å². The third-order valence-corrected chi connectivity index (χ3v) is 7.09. The Bertz CT molecular complexity index is 646. The third-order valence-electron chi connectivity index (χ3n) is 5.15. The molecule has 24 heavy (non-hydrogen) atoms. The minimum Gasteiger partial charge on any atom is -0.462 e. The molecule has 1 N–H and O–H groups in total. The number of nitrogens with one attached hydrogen (secondary N) is 1. The van der Waals surface area contributed by atoms with Gasteiger partial charge < -0.3 is 14.8 Å². The van der Waals surface area contributed by atoms with Gasteiger partial charge in [0.15, 0.2) is 0 Å². The molecule has 6 atom stereocenters. The standard InChI is InChI=1S/C15H21NO7S/c1-3-11(17)16-4-5-21-12(18)7-22-13-9-6-10-14(13)23-24(19,20)15(10)8(9)2/h3,8-10,13-15H,1,4-7H2,2H3,(H,16,17). The SMILES string of the molecule is C=CC(=O)NCCOC(=O)COC1C2CC3C1OS(=O)(=O)C3C2C. The molecule has 0 radical (unpaired) electrons. The van der Waals surface area contributed by atoms with Crippen molar-refractivity contribution in [3.05, 3.63) is 12.7 Å². The van der Waals surface area contributed by atoms with E-state index in [1.54, 1.807) is 0 Å². The first-order valence-electron chi connectivity index (χ1n) is 7.94. The highest BCUT2D eigenvalue weighted by Gasteiger charge is 2.67. The van der Waals surface area contributed by atoms with Crippen LogP contribution in [0, 0.1) is 17.8 Å². The summed E-state index contributed by atoms with van der Waals surface area (Å²) >= 11 is 0. The van der Waals surface area contributed by atoms with E-state index < -0.39 is 33.5 Å². The quantitative estimate of drug-likeness (QED) is 0.285. The maximum Gasteiger partial charge on any atom is 0.332 e. The van der Waals surface area contributed by atoms with Gasteiger partial charge in [-0.2, -0.15) is 8.42 Å². The molecule has 3 rings (SSSR count). The second-order valence-corrected chi connectivity index (χ2v) is 8.15. The van der Waals surface area contributed by atoms with Crippen LogP contribution in [0.1, 0.15) is 13.3 Å². The number of hydrogen-bond acceptors (Lipinski definition) is 7. The summed E-state index contributed by atoms with van der Waals surface area (Å²) in [4.78, 5) is 22.6. The first-order chi connectivity index (χ1) is 11.3. The Morgan fingerprint density at radius 2 is 2.12 bits per heavy atom. The van der Waals surface area contributed by atoms with Gasteiger partial charge in [0.1, 0.15) is 19.3 Å². The van der Waals surface area contributed by atoms with Gasteiger partial charge in [-0.1, -0.05) is 13.5 Å². The van der Waals surface area contributed by atoms with Crippen molar-refractivity contribution >= 4 is 22.0 Å².